The predicted molar refractivity (Wildman–Crippen MR) is 38.2 cm³/mol. The second-order valence-corrected chi connectivity index (χ2v) is 3.18. The van der Waals surface area contributed by atoms with E-state index in [0.29, 0.717) is 12.0 Å². The molecule has 0 amide bonds. The average molecular weight is 128 g/mol. The van der Waals surface area contributed by atoms with Crippen LogP contribution in [0.2, 0.25) is 0 Å². The number of aliphatic hydroxyl groups is 1. The smallest absolute Gasteiger partial charge is 0.0490 e. The van der Waals surface area contributed by atoms with Gasteiger partial charge in [-0.2, -0.15) is 0 Å². The molecule has 0 spiro atoms. The second kappa shape index (κ2) is 2.30. The number of hydrogen-bond donors (Lipinski definition) is 1. The zero-order valence-electron chi connectivity index (χ0n) is 6.35. The van der Waals surface area contributed by atoms with Crippen LogP contribution in [0.15, 0.2) is 0 Å². The Morgan fingerprint density at radius 3 is 2.33 bits per heavy atom. The summed E-state index contributed by atoms with van der Waals surface area (Å²) in [6, 6.07) is 0. The zero-order chi connectivity index (χ0) is 6.91. The van der Waals surface area contributed by atoms with Crippen molar-refractivity contribution in [3.05, 3.63) is 0 Å². The number of aliphatic hydroxyl groups excluding tert-OH is 1. The molecule has 0 saturated heterocycles. The van der Waals surface area contributed by atoms with E-state index in [9.17, 15) is 0 Å². The molecule has 1 N–H and O–H groups in total. The van der Waals surface area contributed by atoms with E-state index >= 15 is 0 Å². The molecule has 54 valence electrons. The van der Waals surface area contributed by atoms with Crippen molar-refractivity contribution < 1.29 is 5.11 Å². The normalized spacial score (nSPS) is 41.0. The van der Waals surface area contributed by atoms with Crippen LogP contribution in [0.3, 0.4) is 0 Å². The first-order valence-corrected chi connectivity index (χ1v) is 3.90. The van der Waals surface area contributed by atoms with Crippen LogP contribution < -0.4 is 0 Å². The summed E-state index contributed by atoms with van der Waals surface area (Å²) in [7, 11) is 0. The third-order valence-corrected chi connectivity index (χ3v) is 2.87. The zero-order valence-corrected chi connectivity index (χ0v) is 6.35. The SMILES string of the molecule is CCC1CC1(CC)CO. The lowest BCUT2D eigenvalue weighted by Crippen LogP contribution is -2.07. The molecular formula is C8H16O. The number of hydrogen-bond acceptors (Lipinski definition) is 1. The van der Waals surface area contributed by atoms with Gasteiger partial charge >= 0.3 is 0 Å². The maximum atomic E-state index is 8.96. The maximum Gasteiger partial charge on any atom is 0.0490 e. The van der Waals surface area contributed by atoms with Gasteiger partial charge in [0.05, 0.1) is 0 Å². The van der Waals surface area contributed by atoms with Gasteiger partial charge in [0.15, 0.2) is 0 Å². The molecule has 0 aromatic heterocycles. The minimum absolute atomic E-state index is 0.356. The van der Waals surface area contributed by atoms with E-state index in [1.54, 1.807) is 0 Å². The Morgan fingerprint density at radius 1 is 1.56 bits per heavy atom. The van der Waals surface area contributed by atoms with E-state index in [1.165, 1.54) is 12.8 Å². The standard InChI is InChI=1S/C8H16O/c1-3-7-5-8(7,4-2)6-9/h7,9H,3-6H2,1-2H3. The van der Waals surface area contributed by atoms with Crippen LogP contribution in [-0.4, -0.2) is 11.7 Å². The molecule has 0 aromatic rings. The summed E-state index contributed by atoms with van der Waals surface area (Å²) in [5.74, 6) is 0.826. The average Bonchev–Trinajstić information content (AvgIpc) is 2.63. The summed E-state index contributed by atoms with van der Waals surface area (Å²) in [6.45, 7) is 4.78. The van der Waals surface area contributed by atoms with Crippen LogP contribution >= 0.6 is 0 Å². The highest BCUT2D eigenvalue weighted by Gasteiger charge is 2.50. The van der Waals surface area contributed by atoms with E-state index in [0.717, 1.165) is 12.3 Å². The molecule has 1 saturated carbocycles. The molecule has 0 bridgehead atoms. The van der Waals surface area contributed by atoms with Crippen molar-refractivity contribution in [2.24, 2.45) is 11.3 Å². The fourth-order valence-corrected chi connectivity index (χ4v) is 1.75. The van der Waals surface area contributed by atoms with Gasteiger partial charge in [0.25, 0.3) is 0 Å². The fraction of sp³-hybridized carbons (Fsp3) is 1.00. The van der Waals surface area contributed by atoms with Crippen molar-refractivity contribution in [3.8, 4) is 0 Å². The van der Waals surface area contributed by atoms with Crippen molar-refractivity contribution in [1.29, 1.82) is 0 Å². The Kier molecular flexibility index (Phi) is 1.80. The Balaban J connectivity index is 2.37. The first kappa shape index (κ1) is 7.07. The van der Waals surface area contributed by atoms with Crippen LogP contribution in [0.4, 0.5) is 0 Å². The second-order valence-electron chi connectivity index (χ2n) is 3.18. The highest BCUT2D eigenvalue weighted by Crippen LogP contribution is 2.56. The molecular weight excluding hydrogens is 112 g/mol. The van der Waals surface area contributed by atoms with E-state index < -0.39 is 0 Å². The van der Waals surface area contributed by atoms with Crippen LogP contribution in [0, 0.1) is 11.3 Å². The van der Waals surface area contributed by atoms with Crippen LogP contribution in [0.25, 0.3) is 0 Å². The summed E-state index contributed by atoms with van der Waals surface area (Å²) in [5, 5.41) is 8.96. The Labute approximate surface area is 57.1 Å². The summed E-state index contributed by atoms with van der Waals surface area (Å²) < 4.78 is 0. The molecule has 2 unspecified atom stereocenters. The molecule has 1 nitrogen and oxygen atoms in total. The van der Waals surface area contributed by atoms with Gasteiger partial charge < -0.3 is 5.11 Å². The van der Waals surface area contributed by atoms with Gasteiger partial charge in [0, 0.05) is 6.61 Å². The van der Waals surface area contributed by atoms with Gasteiger partial charge in [0.1, 0.15) is 0 Å². The highest BCUT2D eigenvalue weighted by molar-refractivity contribution is 4.99. The molecule has 2 atom stereocenters. The van der Waals surface area contributed by atoms with Crippen LogP contribution in [-0.2, 0) is 0 Å². The Morgan fingerprint density at radius 2 is 2.22 bits per heavy atom. The number of rotatable bonds is 3. The molecule has 9 heavy (non-hydrogen) atoms. The van der Waals surface area contributed by atoms with Crippen molar-refractivity contribution >= 4 is 0 Å². The minimum atomic E-state index is 0.356. The first-order valence-electron chi connectivity index (χ1n) is 3.90. The monoisotopic (exact) mass is 128 g/mol. The summed E-state index contributed by atoms with van der Waals surface area (Å²) in [5.41, 5.74) is 0.356. The van der Waals surface area contributed by atoms with Gasteiger partial charge in [-0.15, -0.1) is 0 Å². The van der Waals surface area contributed by atoms with Gasteiger partial charge in [0.2, 0.25) is 0 Å². The predicted octanol–water partition coefficient (Wildman–Crippen LogP) is 1.81. The Hall–Kier alpha value is -0.0400. The lowest BCUT2D eigenvalue weighted by Gasteiger charge is -2.08. The van der Waals surface area contributed by atoms with Crippen molar-refractivity contribution in [1.82, 2.24) is 0 Å². The van der Waals surface area contributed by atoms with E-state index in [2.05, 4.69) is 13.8 Å². The van der Waals surface area contributed by atoms with E-state index in [1.807, 2.05) is 0 Å². The lowest BCUT2D eigenvalue weighted by atomic mass is 10.0. The van der Waals surface area contributed by atoms with Crippen LogP contribution in [0.1, 0.15) is 33.1 Å². The molecule has 1 fully saturated rings. The molecule has 1 rings (SSSR count). The van der Waals surface area contributed by atoms with Gasteiger partial charge in [-0.1, -0.05) is 20.3 Å². The third kappa shape index (κ3) is 0.983. The molecule has 0 aromatic carbocycles. The van der Waals surface area contributed by atoms with Crippen molar-refractivity contribution in [2.75, 3.05) is 6.61 Å². The summed E-state index contributed by atoms with van der Waals surface area (Å²) in [4.78, 5) is 0. The lowest BCUT2D eigenvalue weighted by molar-refractivity contribution is 0.193. The van der Waals surface area contributed by atoms with Crippen molar-refractivity contribution in [2.45, 2.75) is 33.1 Å². The summed E-state index contributed by atoms with van der Waals surface area (Å²) >= 11 is 0. The maximum absolute atomic E-state index is 8.96. The molecule has 0 radical (unpaired) electrons. The third-order valence-electron chi connectivity index (χ3n) is 2.87. The van der Waals surface area contributed by atoms with Crippen molar-refractivity contribution in [3.63, 3.8) is 0 Å². The topological polar surface area (TPSA) is 20.2 Å². The molecule has 0 aliphatic heterocycles. The van der Waals surface area contributed by atoms with Crippen LogP contribution in [0.5, 0.6) is 0 Å². The van der Waals surface area contributed by atoms with Gasteiger partial charge in [-0.05, 0) is 24.2 Å². The first-order chi connectivity index (χ1) is 4.29. The fourth-order valence-electron chi connectivity index (χ4n) is 1.75. The van der Waals surface area contributed by atoms with Gasteiger partial charge in [-0.25, -0.2) is 0 Å². The molecule has 1 heteroatoms. The largest absolute Gasteiger partial charge is 0.396 e. The molecule has 1 aliphatic rings. The summed E-state index contributed by atoms with van der Waals surface area (Å²) in [6.07, 6.45) is 3.66. The quantitative estimate of drug-likeness (QED) is 0.614. The van der Waals surface area contributed by atoms with Gasteiger partial charge in [-0.3, -0.25) is 0 Å². The Bertz CT molecular complexity index is 94.7. The molecule has 1 aliphatic carbocycles. The van der Waals surface area contributed by atoms with E-state index in [-0.39, 0.29) is 0 Å². The van der Waals surface area contributed by atoms with E-state index in [4.69, 9.17) is 5.11 Å². The molecule has 0 heterocycles. The highest BCUT2D eigenvalue weighted by atomic mass is 16.3. The minimum Gasteiger partial charge on any atom is -0.396 e.